The maximum atomic E-state index is 5.85. The molecule has 1 aromatic heterocycles. The Morgan fingerprint density at radius 3 is 2.50 bits per heavy atom. The summed E-state index contributed by atoms with van der Waals surface area (Å²) in [4.78, 5) is 4.41. The Morgan fingerprint density at radius 1 is 1.17 bits per heavy atom. The van der Waals surface area contributed by atoms with Gasteiger partial charge >= 0.3 is 0 Å². The summed E-state index contributed by atoms with van der Waals surface area (Å²) in [6.45, 7) is 4.44. The van der Waals surface area contributed by atoms with Crippen LogP contribution in [0.5, 0.6) is 5.88 Å². The van der Waals surface area contributed by atoms with Crippen molar-refractivity contribution in [2.24, 2.45) is 5.73 Å². The van der Waals surface area contributed by atoms with E-state index in [1.807, 2.05) is 56.3 Å². The number of nitrogens with two attached hydrogens (primary N) is 1. The molecule has 1 unspecified atom stereocenters. The lowest BCUT2D eigenvalue weighted by molar-refractivity contribution is 0.293. The molecule has 2 aromatic rings. The molecule has 0 bridgehead atoms. The van der Waals surface area contributed by atoms with E-state index in [4.69, 9.17) is 10.5 Å². The van der Waals surface area contributed by atoms with Gasteiger partial charge in [0.25, 0.3) is 0 Å². The van der Waals surface area contributed by atoms with Crippen LogP contribution in [0, 0.1) is 6.92 Å². The topological polar surface area (TPSA) is 48.1 Å². The number of hydrogen-bond acceptors (Lipinski definition) is 3. The molecular formula is C15H18N2O. The van der Waals surface area contributed by atoms with Gasteiger partial charge in [0.2, 0.25) is 5.88 Å². The standard InChI is InChI=1S/C15H18N2O/c1-11(16)14-8-9-15(17-12(14)2)18-10-13-6-4-3-5-7-13/h3-9,11H,10,16H2,1-2H3. The minimum Gasteiger partial charge on any atom is -0.473 e. The zero-order valence-electron chi connectivity index (χ0n) is 10.8. The predicted molar refractivity (Wildman–Crippen MR) is 72.4 cm³/mol. The van der Waals surface area contributed by atoms with Gasteiger partial charge in [0.1, 0.15) is 6.61 Å². The number of hydrogen-bond donors (Lipinski definition) is 1. The third kappa shape index (κ3) is 3.08. The second-order valence-corrected chi connectivity index (χ2v) is 4.39. The van der Waals surface area contributed by atoms with Crippen LogP contribution < -0.4 is 10.5 Å². The number of ether oxygens (including phenoxy) is 1. The van der Waals surface area contributed by atoms with Crippen LogP contribution in [0.15, 0.2) is 42.5 Å². The van der Waals surface area contributed by atoms with E-state index in [0.29, 0.717) is 12.5 Å². The van der Waals surface area contributed by atoms with Crippen LogP contribution in [0.4, 0.5) is 0 Å². The molecule has 1 aromatic carbocycles. The first-order valence-corrected chi connectivity index (χ1v) is 6.06. The molecule has 0 saturated carbocycles. The van der Waals surface area contributed by atoms with Gasteiger partial charge in [-0.2, -0.15) is 0 Å². The van der Waals surface area contributed by atoms with Crippen molar-refractivity contribution in [2.75, 3.05) is 0 Å². The summed E-state index contributed by atoms with van der Waals surface area (Å²) in [5, 5.41) is 0. The van der Waals surface area contributed by atoms with Crippen LogP contribution in [0.3, 0.4) is 0 Å². The van der Waals surface area contributed by atoms with Crippen LogP contribution in [-0.2, 0) is 6.61 Å². The van der Waals surface area contributed by atoms with Gasteiger partial charge in [0.15, 0.2) is 0 Å². The molecule has 0 spiro atoms. The van der Waals surface area contributed by atoms with Gasteiger partial charge in [-0.25, -0.2) is 4.98 Å². The quantitative estimate of drug-likeness (QED) is 0.896. The lowest BCUT2D eigenvalue weighted by atomic mass is 10.1. The fraction of sp³-hybridized carbons (Fsp3) is 0.267. The highest BCUT2D eigenvalue weighted by Gasteiger charge is 2.06. The van der Waals surface area contributed by atoms with Gasteiger partial charge in [-0.3, -0.25) is 0 Å². The lowest BCUT2D eigenvalue weighted by Gasteiger charge is -2.11. The van der Waals surface area contributed by atoms with Gasteiger partial charge < -0.3 is 10.5 Å². The Morgan fingerprint density at radius 2 is 1.89 bits per heavy atom. The predicted octanol–water partition coefficient (Wildman–Crippen LogP) is 2.99. The molecule has 0 radical (unpaired) electrons. The molecule has 1 atom stereocenters. The molecule has 2 N–H and O–H groups in total. The lowest BCUT2D eigenvalue weighted by Crippen LogP contribution is -2.08. The first-order chi connectivity index (χ1) is 8.66. The Hall–Kier alpha value is -1.87. The first-order valence-electron chi connectivity index (χ1n) is 6.06. The van der Waals surface area contributed by atoms with Gasteiger partial charge in [-0.1, -0.05) is 36.4 Å². The van der Waals surface area contributed by atoms with Crippen molar-refractivity contribution < 1.29 is 4.74 Å². The van der Waals surface area contributed by atoms with Crippen LogP contribution >= 0.6 is 0 Å². The van der Waals surface area contributed by atoms with Gasteiger partial charge in [-0.15, -0.1) is 0 Å². The van der Waals surface area contributed by atoms with Crippen molar-refractivity contribution in [1.29, 1.82) is 0 Å². The van der Waals surface area contributed by atoms with E-state index in [1.165, 1.54) is 0 Å². The zero-order chi connectivity index (χ0) is 13.0. The second-order valence-electron chi connectivity index (χ2n) is 4.39. The van der Waals surface area contributed by atoms with E-state index in [0.717, 1.165) is 16.8 Å². The summed E-state index contributed by atoms with van der Waals surface area (Å²) in [6, 6.07) is 13.9. The highest BCUT2D eigenvalue weighted by atomic mass is 16.5. The molecule has 2 rings (SSSR count). The summed E-state index contributed by atoms with van der Waals surface area (Å²) in [6.07, 6.45) is 0. The summed E-state index contributed by atoms with van der Waals surface area (Å²) < 4.78 is 5.66. The Kier molecular flexibility index (Phi) is 3.95. The van der Waals surface area contributed by atoms with Gasteiger partial charge in [0, 0.05) is 17.8 Å². The second kappa shape index (κ2) is 5.65. The van der Waals surface area contributed by atoms with E-state index in [9.17, 15) is 0 Å². The van der Waals surface area contributed by atoms with Crippen molar-refractivity contribution >= 4 is 0 Å². The number of pyridine rings is 1. The van der Waals surface area contributed by atoms with Crippen LogP contribution in [0.25, 0.3) is 0 Å². The van der Waals surface area contributed by atoms with E-state index in [2.05, 4.69) is 4.98 Å². The smallest absolute Gasteiger partial charge is 0.213 e. The van der Waals surface area contributed by atoms with E-state index >= 15 is 0 Å². The number of aryl methyl sites for hydroxylation is 1. The zero-order valence-corrected chi connectivity index (χ0v) is 10.8. The third-order valence-corrected chi connectivity index (χ3v) is 2.82. The van der Waals surface area contributed by atoms with Crippen LogP contribution in [0.2, 0.25) is 0 Å². The molecular weight excluding hydrogens is 224 g/mol. The average molecular weight is 242 g/mol. The summed E-state index contributed by atoms with van der Waals surface area (Å²) in [5.74, 6) is 0.640. The summed E-state index contributed by atoms with van der Waals surface area (Å²) in [5.41, 5.74) is 8.97. The number of benzene rings is 1. The maximum Gasteiger partial charge on any atom is 0.213 e. The van der Waals surface area contributed by atoms with Gasteiger partial charge in [-0.05, 0) is 25.0 Å². The maximum absolute atomic E-state index is 5.85. The molecule has 3 nitrogen and oxygen atoms in total. The number of aromatic nitrogens is 1. The molecule has 0 aliphatic carbocycles. The Bertz CT molecular complexity index is 509. The number of nitrogens with zero attached hydrogens (tertiary/aromatic N) is 1. The highest BCUT2D eigenvalue weighted by Crippen LogP contribution is 2.18. The number of rotatable bonds is 4. The largest absolute Gasteiger partial charge is 0.473 e. The monoisotopic (exact) mass is 242 g/mol. The molecule has 18 heavy (non-hydrogen) atoms. The van der Waals surface area contributed by atoms with Crippen molar-refractivity contribution in [3.05, 3.63) is 59.3 Å². The third-order valence-electron chi connectivity index (χ3n) is 2.82. The van der Waals surface area contributed by atoms with Crippen molar-refractivity contribution in [3.8, 4) is 5.88 Å². The summed E-state index contributed by atoms with van der Waals surface area (Å²) in [7, 11) is 0. The first kappa shape index (κ1) is 12.6. The fourth-order valence-corrected chi connectivity index (χ4v) is 1.84. The van der Waals surface area contributed by atoms with Crippen LogP contribution in [-0.4, -0.2) is 4.98 Å². The van der Waals surface area contributed by atoms with Crippen molar-refractivity contribution in [2.45, 2.75) is 26.5 Å². The molecule has 0 amide bonds. The molecule has 94 valence electrons. The van der Waals surface area contributed by atoms with Crippen molar-refractivity contribution in [3.63, 3.8) is 0 Å². The Labute approximate surface area is 108 Å². The van der Waals surface area contributed by atoms with E-state index in [-0.39, 0.29) is 6.04 Å². The SMILES string of the molecule is Cc1nc(OCc2ccccc2)ccc1C(C)N. The fourth-order valence-electron chi connectivity index (χ4n) is 1.84. The molecule has 0 aliphatic rings. The molecule has 1 heterocycles. The van der Waals surface area contributed by atoms with Crippen LogP contribution in [0.1, 0.15) is 29.8 Å². The molecule has 0 fully saturated rings. The molecule has 0 saturated heterocycles. The van der Waals surface area contributed by atoms with E-state index < -0.39 is 0 Å². The van der Waals surface area contributed by atoms with Gasteiger partial charge in [0.05, 0.1) is 0 Å². The summed E-state index contributed by atoms with van der Waals surface area (Å²) >= 11 is 0. The molecule has 3 heteroatoms. The van der Waals surface area contributed by atoms with E-state index in [1.54, 1.807) is 0 Å². The minimum absolute atomic E-state index is 0.000623. The average Bonchev–Trinajstić information content (AvgIpc) is 2.37. The normalized spacial score (nSPS) is 12.2. The van der Waals surface area contributed by atoms with Crippen molar-refractivity contribution in [1.82, 2.24) is 4.98 Å². The minimum atomic E-state index is 0.000623. The highest BCUT2D eigenvalue weighted by molar-refractivity contribution is 5.27. The molecule has 0 aliphatic heterocycles. The Balaban J connectivity index is 2.05.